The highest BCUT2D eigenvalue weighted by atomic mass is 16.1. The number of allylic oxidation sites excluding steroid dienone is 2. The Morgan fingerprint density at radius 1 is 0.867 bits per heavy atom. The van der Waals surface area contributed by atoms with Gasteiger partial charge in [-0.15, -0.1) is 0 Å². The SMILES string of the molecule is CC/C=C/CCCCCCCCC[C]=O. The van der Waals surface area contributed by atoms with E-state index in [0.717, 1.165) is 12.8 Å². The van der Waals surface area contributed by atoms with Gasteiger partial charge in [0.05, 0.1) is 0 Å². The van der Waals surface area contributed by atoms with Crippen LogP contribution in [0.15, 0.2) is 12.2 Å². The highest BCUT2D eigenvalue weighted by Gasteiger charge is 1.91. The quantitative estimate of drug-likeness (QED) is 0.360. The van der Waals surface area contributed by atoms with Gasteiger partial charge in [-0.2, -0.15) is 0 Å². The van der Waals surface area contributed by atoms with E-state index in [0.29, 0.717) is 6.42 Å². The summed E-state index contributed by atoms with van der Waals surface area (Å²) in [7, 11) is 0. The molecule has 0 aliphatic carbocycles. The molecular weight excluding hydrogens is 184 g/mol. The molecule has 1 nitrogen and oxygen atoms in total. The zero-order valence-corrected chi connectivity index (χ0v) is 10.1. The largest absolute Gasteiger partial charge is 0.291 e. The van der Waals surface area contributed by atoms with Crippen LogP contribution in [0, 0.1) is 0 Å². The summed E-state index contributed by atoms with van der Waals surface area (Å²) in [5, 5.41) is 0. The minimum Gasteiger partial charge on any atom is -0.291 e. The van der Waals surface area contributed by atoms with E-state index in [1.807, 2.05) is 6.29 Å². The highest BCUT2D eigenvalue weighted by molar-refractivity contribution is 5.50. The van der Waals surface area contributed by atoms with Gasteiger partial charge in [-0.1, -0.05) is 51.2 Å². The van der Waals surface area contributed by atoms with Crippen molar-refractivity contribution in [3.8, 4) is 0 Å². The molecule has 0 amide bonds. The highest BCUT2D eigenvalue weighted by Crippen LogP contribution is 2.09. The Kier molecular flexibility index (Phi) is 12.9. The Labute approximate surface area is 95.0 Å². The molecule has 0 rings (SSSR count). The Bertz CT molecular complexity index is 149. The van der Waals surface area contributed by atoms with Crippen molar-refractivity contribution in [1.82, 2.24) is 0 Å². The Hall–Kier alpha value is -0.590. The average molecular weight is 209 g/mol. The molecule has 0 atom stereocenters. The monoisotopic (exact) mass is 209 g/mol. The van der Waals surface area contributed by atoms with Gasteiger partial charge in [-0.25, -0.2) is 0 Å². The Morgan fingerprint density at radius 3 is 2.07 bits per heavy atom. The summed E-state index contributed by atoms with van der Waals surface area (Å²) in [5.74, 6) is 0. The summed E-state index contributed by atoms with van der Waals surface area (Å²) in [6.45, 7) is 2.17. The fourth-order valence-corrected chi connectivity index (χ4v) is 1.63. The average Bonchev–Trinajstić information content (AvgIpc) is 2.26. The van der Waals surface area contributed by atoms with Gasteiger partial charge in [0.25, 0.3) is 0 Å². The molecular formula is C14H25O. The molecule has 1 radical (unpaired) electrons. The van der Waals surface area contributed by atoms with Crippen molar-refractivity contribution < 1.29 is 4.79 Å². The van der Waals surface area contributed by atoms with Crippen LogP contribution < -0.4 is 0 Å². The molecule has 0 aliphatic rings. The van der Waals surface area contributed by atoms with E-state index in [9.17, 15) is 4.79 Å². The van der Waals surface area contributed by atoms with Crippen molar-refractivity contribution in [2.45, 2.75) is 71.1 Å². The summed E-state index contributed by atoms with van der Waals surface area (Å²) in [6, 6.07) is 0. The molecule has 0 saturated heterocycles. The van der Waals surface area contributed by atoms with Crippen LogP contribution in [0.2, 0.25) is 0 Å². The number of hydrogen-bond acceptors (Lipinski definition) is 1. The van der Waals surface area contributed by atoms with Gasteiger partial charge in [0, 0.05) is 6.42 Å². The van der Waals surface area contributed by atoms with Crippen molar-refractivity contribution in [3.63, 3.8) is 0 Å². The van der Waals surface area contributed by atoms with Gasteiger partial charge in [-0.3, -0.25) is 4.79 Å². The number of hydrogen-bond donors (Lipinski definition) is 0. The second-order valence-corrected chi connectivity index (χ2v) is 4.04. The second kappa shape index (κ2) is 13.4. The fourth-order valence-electron chi connectivity index (χ4n) is 1.63. The predicted octanol–water partition coefficient (Wildman–Crippen LogP) is 4.57. The maximum Gasteiger partial charge on any atom is 0.198 e. The zero-order valence-electron chi connectivity index (χ0n) is 10.1. The van der Waals surface area contributed by atoms with Crippen molar-refractivity contribution in [2.24, 2.45) is 0 Å². The molecule has 0 aromatic rings. The number of rotatable bonds is 11. The molecule has 0 fully saturated rings. The van der Waals surface area contributed by atoms with Crippen molar-refractivity contribution in [3.05, 3.63) is 12.2 Å². The topological polar surface area (TPSA) is 17.1 Å². The molecule has 0 saturated carbocycles. The molecule has 0 N–H and O–H groups in total. The van der Waals surface area contributed by atoms with Crippen LogP contribution in [-0.4, -0.2) is 6.29 Å². The first-order chi connectivity index (χ1) is 7.41. The van der Waals surface area contributed by atoms with E-state index in [-0.39, 0.29) is 0 Å². The molecule has 87 valence electrons. The second-order valence-electron chi connectivity index (χ2n) is 4.04. The van der Waals surface area contributed by atoms with Crippen LogP contribution in [0.25, 0.3) is 0 Å². The molecule has 0 aromatic carbocycles. The van der Waals surface area contributed by atoms with Crippen LogP contribution in [0.3, 0.4) is 0 Å². The van der Waals surface area contributed by atoms with E-state index in [1.165, 1.54) is 44.9 Å². The van der Waals surface area contributed by atoms with Crippen molar-refractivity contribution >= 4 is 6.29 Å². The lowest BCUT2D eigenvalue weighted by Gasteiger charge is -1.99. The van der Waals surface area contributed by atoms with Gasteiger partial charge in [0.1, 0.15) is 0 Å². The van der Waals surface area contributed by atoms with E-state index in [1.54, 1.807) is 0 Å². The molecule has 15 heavy (non-hydrogen) atoms. The normalized spacial score (nSPS) is 11.0. The molecule has 1 heteroatoms. The summed E-state index contributed by atoms with van der Waals surface area (Å²) in [5.41, 5.74) is 0. The van der Waals surface area contributed by atoms with Crippen molar-refractivity contribution in [1.29, 1.82) is 0 Å². The first-order valence-electron chi connectivity index (χ1n) is 6.41. The van der Waals surface area contributed by atoms with E-state index in [2.05, 4.69) is 19.1 Å². The molecule has 0 spiro atoms. The number of carbonyl (C=O) groups excluding carboxylic acids is 1. The van der Waals surface area contributed by atoms with Crippen molar-refractivity contribution in [2.75, 3.05) is 0 Å². The molecule has 0 aromatic heterocycles. The summed E-state index contributed by atoms with van der Waals surface area (Å²) in [6.07, 6.45) is 18.4. The fraction of sp³-hybridized carbons (Fsp3) is 0.786. The van der Waals surface area contributed by atoms with Gasteiger partial charge in [0.15, 0.2) is 6.29 Å². The van der Waals surface area contributed by atoms with E-state index >= 15 is 0 Å². The third kappa shape index (κ3) is 13.4. The van der Waals surface area contributed by atoms with E-state index < -0.39 is 0 Å². The lowest BCUT2D eigenvalue weighted by atomic mass is 10.1. The maximum atomic E-state index is 9.93. The van der Waals surface area contributed by atoms with Gasteiger partial charge in [-0.05, 0) is 25.7 Å². The first kappa shape index (κ1) is 14.4. The Balaban J connectivity index is 2.92. The third-order valence-corrected chi connectivity index (χ3v) is 2.55. The van der Waals surface area contributed by atoms with Gasteiger partial charge in [0.2, 0.25) is 0 Å². The summed E-state index contributed by atoms with van der Waals surface area (Å²) < 4.78 is 0. The maximum absolute atomic E-state index is 9.93. The van der Waals surface area contributed by atoms with Crippen LogP contribution >= 0.6 is 0 Å². The molecule has 0 aliphatic heterocycles. The third-order valence-electron chi connectivity index (χ3n) is 2.55. The summed E-state index contributed by atoms with van der Waals surface area (Å²) in [4.78, 5) is 9.93. The lowest BCUT2D eigenvalue weighted by molar-refractivity contribution is 0.540. The molecule has 0 unspecified atom stereocenters. The predicted molar refractivity (Wildman–Crippen MR) is 66.7 cm³/mol. The van der Waals surface area contributed by atoms with Gasteiger partial charge >= 0.3 is 0 Å². The Morgan fingerprint density at radius 2 is 1.47 bits per heavy atom. The lowest BCUT2D eigenvalue weighted by Crippen LogP contribution is -1.81. The smallest absolute Gasteiger partial charge is 0.198 e. The minimum absolute atomic E-state index is 0.627. The van der Waals surface area contributed by atoms with Crippen LogP contribution in [0.1, 0.15) is 71.1 Å². The molecule has 0 heterocycles. The van der Waals surface area contributed by atoms with Crippen LogP contribution in [-0.2, 0) is 4.79 Å². The standard InChI is InChI=1S/C14H25O/c1-2-3-4-5-6-7-8-9-10-11-12-13-14-15/h3-4H,2,5-13H2,1H3/b4-3+. The summed E-state index contributed by atoms with van der Waals surface area (Å²) >= 11 is 0. The number of unbranched alkanes of at least 4 members (excludes halogenated alkanes) is 8. The van der Waals surface area contributed by atoms with E-state index in [4.69, 9.17) is 0 Å². The zero-order chi connectivity index (χ0) is 11.2. The van der Waals surface area contributed by atoms with Crippen LogP contribution in [0.5, 0.6) is 0 Å². The van der Waals surface area contributed by atoms with Crippen LogP contribution in [0.4, 0.5) is 0 Å². The first-order valence-corrected chi connectivity index (χ1v) is 6.41. The minimum atomic E-state index is 0.627. The van der Waals surface area contributed by atoms with Gasteiger partial charge < -0.3 is 0 Å². The molecule has 0 bridgehead atoms.